The van der Waals surface area contributed by atoms with Crippen LogP contribution in [0.3, 0.4) is 0 Å². The number of hydrogen-bond donors (Lipinski definition) is 0. The molecule has 0 aromatic carbocycles. The second-order valence-electron chi connectivity index (χ2n) is 4.26. The number of oxazole rings is 1. The number of carbonyl (C=O) groups is 1. The Morgan fingerprint density at radius 3 is 2.86 bits per heavy atom. The molecular formula is C13H12F3NO3S. The molecule has 0 aliphatic rings. The number of thiophene rings is 1. The van der Waals surface area contributed by atoms with Crippen molar-refractivity contribution < 1.29 is 27.1 Å². The van der Waals surface area contributed by atoms with Gasteiger partial charge in [0.25, 0.3) is 0 Å². The van der Waals surface area contributed by atoms with Gasteiger partial charge in [0.15, 0.2) is 0 Å². The third kappa shape index (κ3) is 4.59. The zero-order chi connectivity index (χ0) is 15.5. The molecule has 0 radical (unpaired) electrons. The van der Waals surface area contributed by atoms with Gasteiger partial charge in [-0.1, -0.05) is 6.07 Å². The zero-order valence-electron chi connectivity index (χ0n) is 11.1. The summed E-state index contributed by atoms with van der Waals surface area (Å²) in [6.45, 7) is 0.958. The first-order chi connectivity index (χ1) is 9.85. The highest BCUT2D eigenvalue weighted by Gasteiger charge is 2.27. The first-order valence-electron chi connectivity index (χ1n) is 6.08. The van der Waals surface area contributed by atoms with Gasteiger partial charge >= 0.3 is 12.1 Å². The molecule has 0 spiro atoms. The van der Waals surface area contributed by atoms with E-state index in [0.717, 1.165) is 4.88 Å². The molecule has 0 aliphatic heterocycles. The first kappa shape index (κ1) is 15.6. The summed E-state index contributed by atoms with van der Waals surface area (Å²) >= 11 is 1.44. The fourth-order valence-corrected chi connectivity index (χ4v) is 2.22. The van der Waals surface area contributed by atoms with E-state index in [4.69, 9.17) is 4.42 Å². The number of aryl methyl sites for hydroxylation is 1. The van der Waals surface area contributed by atoms with Crippen LogP contribution in [0.1, 0.15) is 17.9 Å². The molecule has 0 atom stereocenters. The average Bonchev–Trinajstić information content (AvgIpc) is 2.98. The second-order valence-corrected chi connectivity index (χ2v) is 5.21. The highest BCUT2D eigenvalue weighted by atomic mass is 32.1. The van der Waals surface area contributed by atoms with Crippen LogP contribution in [0.4, 0.5) is 13.2 Å². The summed E-state index contributed by atoms with van der Waals surface area (Å²) in [6, 6.07) is 3.66. The maximum Gasteiger partial charge on any atom is 0.392 e. The van der Waals surface area contributed by atoms with Crippen LogP contribution in [0.25, 0.3) is 10.8 Å². The predicted octanol–water partition coefficient (Wildman–Crippen LogP) is 3.75. The Hall–Kier alpha value is -1.83. The molecule has 21 heavy (non-hydrogen) atoms. The van der Waals surface area contributed by atoms with Crippen molar-refractivity contribution in [3.8, 4) is 10.8 Å². The van der Waals surface area contributed by atoms with Crippen LogP contribution in [0, 0.1) is 6.92 Å². The summed E-state index contributed by atoms with van der Waals surface area (Å²) in [5, 5.41) is 1.86. The molecule has 0 fully saturated rings. The number of rotatable bonds is 5. The topological polar surface area (TPSA) is 52.3 Å². The molecule has 0 saturated heterocycles. The summed E-state index contributed by atoms with van der Waals surface area (Å²) in [4.78, 5) is 16.5. The van der Waals surface area contributed by atoms with Crippen molar-refractivity contribution in [3.05, 3.63) is 29.0 Å². The molecule has 0 amide bonds. The van der Waals surface area contributed by atoms with E-state index in [0.29, 0.717) is 17.3 Å². The van der Waals surface area contributed by atoms with Crippen LogP contribution >= 0.6 is 11.3 Å². The summed E-state index contributed by atoms with van der Waals surface area (Å²) in [6.07, 6.45) is -5.70. The van der Waals surface area contributed by atoms with E-state index in [1.165, 1.54) is 11.3 Å². The smallest absolute Gasteiger partial charge is 0.392 e. The highest BCUT2D eigenvalue weighted by molar-refractivity contribution is 7.13. The minimum absolute atomic E-state index is 0.210. The molecule has 0 saturated carbocycles. The van der Waals surface area contributed by atoms with E-state index < -0.39 is 25.2 Å². The Balaban J connectivity index is 1.92. The fourth-order valence-electron chi connectivity index (χ4n) is 1.57. The Bertz CT molecular complexity index is 605. The lowest BCUT2D eigenvalue weighted by atomic mass is 10.3. The van der Waals surface area contributed by atoms with Gasteiger partial charge in [-0.3, -0.25) is 4.79 Å². The van der Waals surface area contributed by atoms with Gasteiger partial charge in [-0.25, -0.2) is 4.98 Å². The van der Waals surface area contributed by atoms with Crippen LogP contribution in [0.2, 0.25) is 0 Å². The second kappa shape index (κ2) is 6.30. The molecular weight excluding hydrogens is 307 g/mol. The number of halogens is 3. The summed E-state index contributed by atoms with van der Waals surface area (Å²) in [7, 11) is 0. The number of carbonyl (C=O) groups excluding carboxylic acids is 1. The molecule has 8 heteroatoms. The van der Waals surface area contributed by atoms with Gasteiger partial charge in [-0.15, -0.1) is 11.3 Å². The van der Waals surface area contributed by atoms with Gasteiger partial charge in [-0.2, -0.15) is 13.2 Å². The van der Waals surface area contributed by atoms with Crippen molar-refractivity contribution in [2.45, 2.75) is 25.9 Å². The molecule has 0 bridgehead atoms. The van der Waals surface area contributed by atoms with Crippen LogP contribution in [0.15, 0.2) is 21.9 Å². The minimum Gasteiger partial charge on any atom is -0.465 e. The van der Waals surface area contributed by atoms with Crippen LogP contribution in [-0.2, 0) is 16.0 Å². The van der Waals surface area contributed by atoms with Crippen LogP contribution in [0.5, 0.6) is 0 Å². The van der Waals surface area contributed by atoms with Crippen molar-refractivity contribution >= 4 is 17.3 Å². The number of esters is 1. The van der Waals surface area contributed by atoms with Crippen LogP contribution in [-0.4, -0.2) is 23.7 Å². The molecule has 2 rings (SSSR count). The van der Waals surface area contributed by atoms with Gasteiger partial charge < -0.3 is 9.15 Å². The maximum atomic E-state index is 11.9. The number of ether oxygens (including phenoxy) is 1. The largest absolute Gasteiger partial charge is 0.465 e. The number of alkyl halides is 3. The Morgan fingerprint density at radius 2 is 2.24 bits per heavy atom. The monoisotopic (exact) mass is 319 g/mol. The summed E-state index contributed by atoms with van der Waals surface area (Å²) < 4.78 is 45.8. The normalized spacial score (nSPS) is 11.6. The van der Waals surface area contributed by atoms with Crippen molar-refractivity contribution in [1.82, 2.24) is 4.98 Å². The van der Waals surface area contributed by atoms with E-state index in [9.17, 15) is 18.0 Å². The van der Waals surface area contributed by atoms with Crippen LogP contribution < -0.4 is 0 Å². The molecule has 0 N–H and O–H groups in total. The van der Waals surface area contributed by atoms with E-state index in [2.05, 4.69) is 9.72 Å². The molecule has 2 aromatic rings. The minimum atomic E-state index is -4.34. The molecule has 2 aromatic heterocycles. The van der Waals surface area contributed by atoms with E-state index in [1.54, 1.807) is 6.92 Å². The van der Waals surface area contributed by atoms with E-state index in [-0.39, 0.29) is 6.42 Å². The molecule has 2 heterocycles. The lowest BCUT2D eigenvalue weighted by Crippen LogP contribution is -2.16. The number of aromatic nitrogens is 1. The Morgan fingerprint density at radius 1 is 1.48 bits per heavy atom. The molecule has 0 unspecified atom stereocenters. The van der Waals surface area contributed by atoms with Crippen molar-refractivity contribution in [2.24, 2.45) is 0 Å². The van der Waals surface area contributed by atoms with Gasteiger partial charge in [0.05, 0.1) is 30.0 Å². The molecule has 0 aliphatic carbocycles. The average molecular weight is 319 g/mol. The lowest BCUT2D eigenvalue weighted by molar-refractivity contribution is -0.158. The van der Waals surface area contributed by atoms with Crippen molar-refractivity contribution in [3.63, 3.8) is 0 Å². The zero-order valence-corrected chi connectivity index (χ0v) is 11.9. The summed E-state index contributed by atoms with van der Waals surface area (Å²) in [5.74, 6) is 0.0835. The number of nitrogens with zero attached hydrogens (tertiary/aromatic N) is 1. The maximum absolute atomic E-state index is 11.9. The summed E-state index contributed by atoms with van der Waals surface area (Å²) in [5.41, 5.74) is 0.371. The van der Waals surface area contributed by atoms with E-state index >= 15 is 0 Å². The SMILES string of the molecule is Cc1oc(-c2cccs2)nc1CC(=O)OCCC(F)(F)F. The van der Waals surface area contributed by atoms with Gasteiger partial charge in [0.1, 0.15) is 5.76 Å². The predicted molar refractivity (Wildman–Crippen MR) is 69.9 cm³/mol. The third-order valence-corrected chi connectivity index (χ3v) is 3.44. The number of hydrogen-bond acceptors (Lipinski definition) is 5. The van der Waals surface area contributed by atoms with Crippen molar-refractivity contribution in [1.29, 1.82) is 0 Å². The third-order valence-electron chi connectivity index (χ3n) is 2.58. The van der Waals surface area contributed by atoms with Crippen molar-refractivity contribution in [2.75, 3.05) is 6.61 Å². The molecule has 114 valence electrons. The van der Waals surface area contributed by atoms with Gasteiger partial charge in [0, 0.05) is 0 Å². The standard InChI is InChI=1S/C13H12F3NO3S/c1-8-9(7-11(18)19-5-4-13(14,15)16)17-12(20-8)10-3-2-6-21-10/h2-3,6H,4-5,7H2,1H3. The molecule has 4 nitrogen and oxygen atoms in total. The van der Waals surface area contributed by atoms with Gasteiger partial charge in [-0.05, 0) is 18.4 Å². The van der Waals surface area contributed by atoms with E-state index in [1.807, 2.05) is 17.5 Å². The quantitative estimate of drug-likeness (QED) is 0.788. The Labute approximate surface area is 122 Å². The lowest BCUT2D eigenvalue weighted by Gasteiger charge is -2.06. The fraction of sp³-hybridized carbons (Fsp3) is 0.385. The van der Waals surface area contributed by atoms with Gasteiger partial charge in [0.2, 0.25) is 5.89 Å². The first-order valence-corrected chi connectivity index (χ1v) is 6.95. The highest BCUT2D eigenvalue weighted by Crippen LogP contribution is 2.26. The Kier molecular flexibility index (Phi) is 4.66.